The molecule has 2 aliphatic rings. The van der Waals surface area contributed by atoms with E-state index in [1.165, 1.54) is 16.8 Å². The number of hydrogen-bond acceptors (Lipinski definition) is 9. The Hall–Kier alpha value is -1.83. The summed E-state index contributed by atoms with van der Waals surface area (Å²) in [6, 6.07) is 6.55. The second kappa shape index (κ2) is 10.9. The van der Waals surface area contributed by atoms with Gasteiger partial charge in [0.05, 0.1) is 24.2 Å². The molecule has 17 heteroatoms. The summed E-state index contributed by atoms with van der Waals surface area (Å²) in [5.74, 6) is -2.10. The van der Waals surface area contributed by atoms with E-state index < -0.39 is 52.1 Å². The largest absolute Gasteiger partial charge is 0.387 e. The summed E-state index contributed by atoms with van der Waals surface area (Å²) < 4.78 is 49.5. The van der Waals surface area contributed by atoms with Crippen molar-refractivity contribution in [2.24, 2.45) is 0 Å². The average molecular weight is 607 g/mol. The number of fused-ring (bicyclic) bond motifs is 1. The third kappa shape index (κ3) is 5.96. The van der Waals surface area contributed by atoms with Crippen molar-refractivity contribution in [1.82, 2.24) is 19.6 Å². The van der Waals surface area contributed by atoms with Gasteiger partial charge in [0.15, 0.2) is 11.6 Å². The molecule has 0 amide bonds. The molecule has 39 heavy (non-hydrogen) atoms. The van der Waals surface area contributed by atoms with E-state index in [0.29, 0.717) is 23.3 Å². The molecule has 212 valence electrons. The predicted octanol–water partition coefficient (Wildman–Crippen LogP) is 2.47. The number of halogens is 2. The van der Waals surface area contributed by atoms with Gasteiger partial charge in [-0.15, -0.1) is 5.10 Å². The first kappa shape index (κ1) is 28.7. The first-order valence-corrected chi connectivity index (χ1v) is 16.0. The Kier molecular flexibility index (Phi) is 7.99. The van der Waals surface area contributed by atoms with Crippen molar-refractivity contribution in [1.29, 1.82) is 0 Å². The van der Waals surface area contributed by atoms with Crippen molar-refractivity contribution in [2.75, 3.05) is 12.5 Å². The Morgan fingerprint density at radius 2 is 1.85 bits per heavy atom. The van der Waals surface area contributed by atoms with E-state index in [1.54, 1.807) is 18.2 Å². The first-order chi connectivity index (χ1) is 18.3. The second-order valence-electron chi connectivity index (χ2n) is 9.67. The summed E-state index contributed by atoms with van der Waals surface area (Å²) in [6.07, 6.45) is -1.99. The minimum Gasteiger partial charge on any atom is -0.387 e. The smallest absolute Gasteiger partial charge is 0.340 e. The Morgan fingerprint density at radius 1 is 1.13 bits per heavy atom. The van der Waals surface area contributed by atoms with Crippen LogP contribution in [0, 0.1) is 5.82 Å². The second-order valence-corrected chi connectivity index (χ2v) is 14.0. The lowest BCUT2D eigenvalue weighted by Crippen LogP contribution is -2.33. The number of nitrogens with zero attached hydrogens (tertiary/aromatic N) is 4. The zero-order valence-electron chi connectivity index (χ0n) is 20.2. The normalized spacial score (nSPS) is 29.2. The first-order valence-electron chi connectivity index (χ1n) is 12.0. The van der Waals surface area contributed by atoms with Crippen LogP contribution in [0.15, 0.2) is 30.5 Å². The van der Waals surface area contributed by atoms with Gasteiger partial charge in [-0.1, -0.05) is 24.6 Å². The van der Waals surface area contributed by atoms with E-state index in [1.807, 2.05) is 0 Å². The predicted molar refractivity (Wildman–Crippen MR) is 134 cm³/mol. The van der Waals surface area contributed by atoms with Gasteiger partial charge in [-0.2, -0.15) is 0 Å². The van der Waals surface area contributed by atoms with Crippen LogP contribution >= 0.6 is 26.8 Å². The van der Waals surface area contributed by atoms with Gasteiger partial charge in [-0.05, 0) is 42.0 Å². The van der Waals surface area contributed by atoms with Crippen LogP contribution in [0.3, 0.4) is 0 Å². The molecule has 3 aromatic rings. The molecule has 1 aliphatic carbocycles. The quantitative estimate of drug-likeness (QED) is 0.235. The molecule has 1 aromatic carbocycles. The van der Waals surface area contributed by atoms with Crippen molar-refractivity contribution < 1.29 is 47.7 Å². The zero-order chi connectivity index (χ0) is 28.1. The molecule has 7 atom stereocenters. The summed E-state index contributed by atoms with van der Waals surface area (Å²) in [5.41, 5.74) is 1.58. The maximum absolute atomic E-state index is 14.6. The van der Waals surface area contributed by atoms with Crippen molar-refractivity contribution in [3.63, 3.8) is 0 Å². The highest BCUT2D eigenvalue weighted by atomic mass is 35.5. The summed E-state index contributed by atoms with van der Waals surface area (Å²) in [6.45, 7) is -0.730. The number of aromatic nitrogens is 4. The van der Waals surface area contributed by atoms with Gasteiger partial charge in [0.1, 0.15) is 30.2 Å². The standard InChI is InChI=1S/C22H26ClFN4O9P2/c23-22-26-17(13-6-3-5-11(13)12-4-1-2-7-14(12)24)21-25-8-15(28(21)27-22)20-19(30)18(29)16(37-20)9-36-39(34,35)10-38(31,32)33/h1-2,4,7-8,11,13,16,18-20,29-30H,3,5-6,9-10H2,(H,34,35)(H2,31,32,33)/t11-,13?,16+,18+,19+,20-/m0/s1. The van der Waals surface area contributed by atoms with Crippen LogP contribution in [0.2, 0.25) is 5.28 Å². The number of aliphatic hydroxyl groups excluding tert-OH is 2. The molecule has 5 rings (SSSR count). The molecule has 0 radical (unpaired) electrons. The summed E-state index contributed by atoms with van der Waals surface area (Å²) in [5, 5.41) is 25.3. The lowest BCUT2D eigenvalue weighted by molar-refractivity contribution is -0.0204. The number of hydrogen-bond donors (Lipinski definition) is 5. The number of ether oxygens (including phenoxy) is 1. The van der Waals surface area contributed by atoms with Gasteiger partial charge in [0.2, 0.25) is 5.28 Å². The molecule has 2 fully saturated rings. The molecule has 0 bridgehead atoms. The van der Waals surface area contributed by atoms with Gasteiger partial charge in [0.25, 0.3) is 0 Å². The lowest BCUT2D eigenvalue weighted by Gasteiger charge is -2.21. The van der Waals surface area contributed by atoms with Crippen molar-refractivity contribution in [2.45, 2.75) is 55.5 Å². The zero-order valence-corrected chi connectivity index (χ0v) is 22.7. The summed E-state index contributed by atoms with van der Waals surface area (Å²) in [4.78, 5) is 36.5. The van der Waals surface area contributed by atoms with Crippen molar-refractivity contribution in [3.8, 4) is 0 Å². The highest BCUT2D eigenvalue weighted by molar-refractivity contribution is 7.70. The molecule has 2 unspecified atom stereocenters. The van der Waals surface area contributed by atoms with E-state index in [4.69, 9.17) is 30.6 Å². The van der Waals surface area contributed by atoms with Crippen LogP contribution in [-0.4, -0.2) is 75.3 Å². The molecular formula is C22H26ClFN4O9P2. The summed E-state index contributed by atoms with van der Waals surface area (Å²) >= 11 is 6.27. The lowest BCUT2D eigenvalue weighted by atomic mass is 9.86. The molecule has 2 aromatic heterocycles. The van der Waals surface area contributed by atoms with Crippen LogP contribution < -0.4 is 0 Å². The van der Waals surface area contributed by atoms with E-state index in [0.717, 1.165) is 12.8 Å². The maximum Gasteiger partial charge on any atom is 0.340 e. The van der Waals surface area contributed by atoms with Crippen molar-refractivity contribution >= 4 is 32.4 Å². The molecule has 1 saturated heterocycles. The van der Waals surface area contributed by atoms with Gasteiger partial charge in [-0.3, -0.25) is 9.13 Å². The molecule has 1 aliphatic heterocycles. The Morgan fingerprint density at radius 3 is 2.56 bits per heavy atom. The third-order valence-electron chi connectivity index (χ3n) is 7.02. The molecule has 1 saturated carbocycles. The number of aliphatic hydroxyl groups is 2. The number of imidazole rings is 1. The molecule has 0 spiro atoms. The number of rotatable bonds is 8. The Balaban J connectivity index is 1.42. The van der Waals surface area contributed by atoms with Gasteiger partial charge in [0, 0.05) is 5.92 Å². The molecule has 5 N–H and O–H groups in total. The van der Waals surface area contributed by atoms with Gasteiger partial charge in [-0.25, -0.2) is 18.9 Å². The van der Waals surface area contributed by atoms with E-state index >= 15 is 0 Å². The molecule has 3 heterocycles. The third-order valence-corrected chi connectivity index (χ3v) is 10.6. The van der Waals surface area contributed by atoms with Crippen LogP contribution in [-0.2, 0) is 18.4 Å². The SMILES string of the molecule is O=P(O)(O)CP(=O)(O)OC[C@H]1O[C@@H](c2cnc3c(C4CCC[C@H]4c4ccccc4F)nc(Cl)nn23)[C@H](O)[C@@H]1O. The topological polar surface area (TPSA) is 197 Å². The minimum absolute atomic E-state index is 0.123. The average Bonchev–Trinajstić information content (AvgIpc) is 3.55. The minimum atomic E-state index is -4.85. The monoisotopic (exact) mass is 606 g/mol. The highest BCUT2D eigenvalue weighted by Gasteiger charge is 2.46. The molecular weight excluding hydrogens is 581 g/mol. The fourth-order valence-electron chi connectivity index (χ4n) is 5.37. The fourth-order valence-corrected chi connectivity index (χ4v) is 8.10. The Labute approximate surface area is 226 Å². The van der Waals surface area contributed by atoms with E-state index in [2.05, 4.69) is 15.1 Å². The maximum atomic E-state index is 14.6. The molecule has 13 nitrogen and oxygen atoms in total. The Bertz CT molecular complexity index is 1470. The number of benzene rings is 1. The highest BCUT2D eigenvalue weighted by Crippen LogP contribution is 2.55. The van der Waals surface area contributed by atoms with Crippen LogP contribution in [0.5, 0.6) is 0 Å². The fraction of sp³-hybridized carbons (Fsp3) is 0.500. The van der Waals surface area contributed by atoms with Crippen LogP contribution in [0.25, 0.3) is 5.65 Å². The van der Waals surface area contributed by atoms with Crippen molar-refractivity contribution in [3.05, 3.63) is 58.5 Å². The summed E-state index contributed by atoms with van der Waals surface area (Å²) in [7, 11) is -9.56. The van der Waals surface area contributed by atoms with Crippen LogP contribution in [0.4, 0.5) is 4.39 Å². The van der Waals surface area contributed by atoms with Gasteiger partial charge < -0.3 is 34.2 Å². The van der Waals surface area contributed by atoms with Crippen LogP contribution in [0.1, 0.15) is 54.2 Å². The van der Waals surface area contributed by atoms with E-state index in [-0.39, 0.29) is 28.6 Å². The van der Waals surface area contributed by atoms with Gasteiger partial charge >= 0.3 is 15.2 Å². The van der Waals surface area contributed by atoms with E-state index in [9.17, 15) is 28.6 Å².